The lowest BCUT2D eigenvalue weighted by Gasteiger charge is -1.98. The van der Waals surface area contributed by atoms with Gasteiger partial charge in [0, 0.05) is 5.39 Å². The van der Waals surface area contributed by atoms with E-state index in [9.17, 15) is 9.90 Å². The second kappa shape index (κ2) is 4.02. The number of carboxylic acid groups (broad SMARTS) is 1. The number of phenols is 1. The highest BCUT2D eigenvalue weighted by atomic mass is 35.5. The summed E-state index contributed by atoms with van der Waals surface area (Å²) in [6.45, 7) is 0.183. The fourth-order valence-electron chi connectivity index (χ4n) is 1.46. The molecule has 0 bridgehead atoms. The number of halogens is 1. The van der Waals surface area contributed by atoms with Gasteiger partial charge in [0.25, 0.3) is 0 Å². The van der Waals surface area contributed by atoms with Gasteiger partial charge in [0.1, 0.15) is 16.4 Å². The summed E-state index contributed by atoms with van der Waals surface area (Å²) in [6, 6.07) is 4.89. The summed E-state index contributed by atoms with van der Waals surface area (Å²) in [4.78, 5) is 10.4. The van der Waals surface area contributed by atoms with E-state index in [4.69, 9.17) is 16.7 Å². The van der Waals surface area contributed by atoms with Gasteiger partial charge in [0.2, 0.25) is 0 Å². The summed E-state index contributed by atoms with van der Waals surface area (Å²) in [5.74, 6) is -0.881. The molecule has 0 saturated heterocycles. The van der Waals surface area contributed by atoms with Crippen molar-refractivity contribution in [3.05, 3.63) is 23.4 Å². The Morgan fingerprint density at radius 3 is 2.88 bits per heavy atom. The van der Waals surface area contributed by atoms with E-state index in [0.717, 1.165) is 0 Å². The molecule has 0 spiro atoms. The zero-order valence-electron chi connectivity index (χ0n) is 8.22. The van der Waals surface area contributed by atoms with Crippen LogP contribution in [-0.4, -0.2) is 26.0 Å². The van der Waals surface area contributed by atoms with E-state index in [1.807, 2.05) is 0 Å². The molecule has 1 heterocycles. The predicted molar refractivity (Wildman–Crippen MR) is 58.7 cm³/mol. The van der Waals surface area contributed by atoms with Crippen LogP contribution in [0.3, 0.4) is 0 Å². The lowest BCUT2D eigenvalue weighted by Crippen LogP contribution is -2.05. The molecular weight excluding hydrogens is 232 g/mol. The molecule has 2 aromatic rings. The van der Waals surface area contributed by atoms with Gasteiger partial charge in [-0.05, 0) is 12.1 Å². The zero-order chi connectivity index (χ0) is 11.7. The van der Waals surface area contributed by atoms with Crippen LogP contribution < -0.4 is 0 Å². The molecule has 2 rings (SSSR count). The second-order valence-electron chi connectivity index (χ2n) is 3.33. The maximum absolute atomic E-state index is 10.4. The van der Waals surface area contributed by atoms with Crippen molar-refractivity contribution >= 4 is 28.5 Å². The van der Waals surface area contributed by atoms with E-state index in [2.05, 4.69) is 5.10 Å². The Kier molecular flexibility index (Phi) is 2.70. The molecule has 0 saturated carbocycles. The largest absolute Gasteiger partial charge is 0.506 e. The number of aliphatic carboxylic acids is 1. The monoisotopic (exact) mass is 240 g/mol. The average molecular weight is 241 g/mol. The average Bonchev–Trinajstić information content (AvgIpc) is 2.55. The molecule has 6 heteroatoms. The van der Waals surface area contributed by atoms with E-state index in [1.165, 1.54) is 10.7 Å². The number of carboxylic acids is 1. The summed E-state index contributed by atoms with van der Waals surface area (Å²) in [7, 11) is 0. The Bertz CT molecular complexity index is 550. The van der Waals surface area contributed by atoms with Crippen LogP contribution in [0.1, 0.15) is 6.42 Å². The molecule has 5 nitrogen and oxygen atoms in total. The first-order valence-electron chi connectivity index (χ1n) is 4.65. The minimum absolute atomic E-state index is 0.0356. The molecule has 1 aromatic carbocycles. The van der Waals surface area contributed by atoms with Crippen molar-refractivity contribution in [3.63, 3.8) is 0 Å². The molecule has 0 aliphatic carbocycles. The maximum atomic E-state index is 10.4. The van der Waals surface area contributed by atoms with Crippen LogP contribution in [0.4, 0.5) is 0 Å². The summed E-state index contributed by atoms with van der Waals surface area (Å²) < 4.78 is 1.38. The summed E-state index contributed by atoms with van der Waals surface area (Å²) in [6.07, 6.45) is -0.0610. The van der Waals surface area contributed by atoms with Crippen molar-refractivity contribution in [2.75, 3.05) is 0 Å². The third-order valence-corrected chi connectivity index (χ3v) is 2.62. The van der Waals surface area contributed by atoms with Crippen LogP contribution in [0.5, 0.6) is 5.75 Å². The van der Waals surface area contributed by atoms with Crippen molar-refractivity contribution in [1.82, 2.24) is 9.78 Å². The van der Waals surface area contributed by atoms with Gasteiger partial charge in [-0.2, -0.15) is 5.10 Å². The normalized spacial score (nSPS) is 10.8. The molecule has 0 aliphatic rings. The van der Waals surface area contributed by atoms with Crippen molar-refractivity contribution < 1.29 is 15.0 Å². The molecule has 84 valence electrons. The molecule has 2 N–H and O–H groups in total. The van der Waals surface area contributed by atoms with Gasteiger partial charge >= 0.3 is 5.97 Å². The Labute approximate surface area is 95.9 Å². The number of aromatic nitrogens is 2. The number of fused-ring (bicyclic) bond motifs is 1. The molecule has 1 aromatic heterocycles. The van der Waals surface area contributed by atoms with Gasteiger partial charge in [-0.15, -0.1) is 0 Å². The van der Waals surface area contributed by atoms with Gasteiger partial charge in [0.15, 0.2) is 0 Å². The van der Waals surface area contributed by atoms with Gasteiger partial charge in [0.05, 0.1) is 13.0 Å². The fraction of sp³-hybridized carbons (Fsp3) is 0.200. The first-order valence-corrected chi connectivity index (χ1v) is 5.03. The van der Waals surface area contributed by atoms with Crippen molar-refractivity contribution in [2.45, 2.75) is 13.0 Å². The Morgan fingerprint density at radius 2 is 2.25 bits per heavy atom. The number of benzene rings is 1. The van der Waals surface area contributed by atoms with Gasteiger partial charge in [-0.1, -0.05) is 17.7 Å². The highest BCUT2D eigenvalue weighted by Crippen LogP contribution is 2.29. The summed E-state index contributed by atoms with van der Waals surface area (Å²) in [5.41, 5.74) is 0.387. The van der Waals surface area contributed by atoms with Gasteiger partial charge in [-0.3, -0.25) is 9.48 Å². The number of phenolic OH excluding ortho intramolecular Hbond substituents is 1. The second-order valence-corrected chi connectivity index (χ2v) is 3.69. The highest BCUT2D eigenvalue weighted by Gasteiger charge is 2.12. The summed E-state index contributed by atoms with van der Waals surface area (Å²) >= 11 is 6.01. The first kappa shape index (κ1) is 10.8. The standard InChI is InChI=1S/C10H9ClN2O3/c11-10-6-2-1-3-7(14)9(6)12-13(10)5-4-8(15)16/h1-3,14H,4-5H2,(H,15,16). The molecule has 16 heavy (non-hydrogen) atoms. The third-order valence-electron chi connectivity index (χ3n) is 2.22. The van der Waals surface area contributed by atoms with Crippen LogP contribution >= 0.6 is 11.6 Å². The van der Waals surface area contributed by atoms with E-state index < -0.39 is 5.97 Å². The summed E-state index contributed by atoms with van der Waals surface area (Å²) in [5, 5.41) is 23.1. The SMILES string of the molecule is O=C(O)CCn1nc2c(O)cccc2c1Cl. The lowest BCUT2D eigenvalue weighted by molar-refractivity contribution is -0.137. The number of rotatable bonds is 3. The van der Waals surface area contributed by atoms with Crippen molar-refractivity contribution in [2.24, 2.45) is 0 Å². The minimum atomic E-state index is -0.917. The van der Waals surface area contributed by atoms with E-state index in [-0.39, 0.29) is 18.7 Å². The number of aromatic hydroxyl groups is 1. The third kappa shape index (κ3) is 1.81. The zero-order valence-corrected chi connectivity index (χ0v) is 8.98. The van der Waals surface area contributed by atoms with Crippen LogP contribution in [0.2, 0.25) is 5.15 Å². The Balaban J connectivity index is 2.44. The molecular formula is C10H9ClN2O3. The molecule has 0 fully saturated rings. The molecule has 0 atom stereocenters. The number of hydrogen-bond donors (Lipinski definition) is 2. The van der Waals surface area contributed by atoms with E-state index in [1.54, 1.807) is 12.1 Å². The maximum Gasteiger partial charge on any atom is 0.305 e. The van der Waals surface area contributed by atoms with Crippen molar-refractivity contribution in [1.29, 1.82) is 0 Å². The minimum Gasteiger partial charge on any atom is -0.506 e. The predicted octanol–water partition coefficient (Wildman–Crippen LogP) is 1.87. The first-order chi connectivity index (χ1) is 7.59. The lowest BCUT2D eigenvalue weighted by atomic mass is 10.2. The Morgan fingerprint density at radius 1 is 1.50 bits per heavy atom. The number of nitrogens with zero attached hydrogens (tertiary/aromatic N) is 2. The van der Waals surface area contributed by atoms with Crippen LogP contribution in [0, 0.1) is 0 Å². The number of carbonyl (C=O) groups is 1. The Hall–Kier alpha value is -1.75. The van der Waals surface area contributed by atoms with E-state index >= 15 is 0 Å². The number of aryl methyl sites for hydroxylation is 1. The highest BCUT2D eigenvalue weighted by molar-refractivity contribution is 6.34. The number of hydrogen-bond acceptors (Lipinski definition) is 3. The smallest absolute Gasteiger partial charge is 0.305 e. The van der Waals surface area contributed by atoms with Crippen molar-refractivity contribution in [3.8, 4) is 5.75 Å². The van der Waals surface area contributed by atoms with Gasteiger partial charge in [-0.25, -0.2) is 0 Å². The van der Waals surface area contributed by atoms with Gasteiger partial charge < -0.3 is 10.2 Å². The molecule has 0 radical (unpaired) electrons. The van der Waals surface area contributed by atoms with Crippen LogP contribution in [-0.2, 0) is 11.3 Å². The topological polar surface area (TPSA) is 75.3 Å². The molecule has 0 unspecified atom stereocenters. The fourth-order valence-corrected chi connectivity index (χ4v) is 1.73. The molecule has 0 amide bonds. The molecule has 0 aliphatic heterocycles. The van der Waals surface area contributed by atoms with E-state index in [0.29, 0.717) is 16.1 Å². The quantitative estimate of drug-likeness (QED) is 0.859. The van der Waals surface area contributed by atoms with Crippen LogP contribution in [0.15, 0.2) is 18.2 Å². The van der Waals surface area contributed by atoms with Crippen LogP contribution in [0.25, 0.3) is 10.9 Å².